The molecule has 0 amide bonds. The first-order valence-electron chi connectivity index (χ1n) is 6.29. The minimum atomic E-state index is 0.411. The molecule has 2 aromatic heterocycles. The van der Waals surface area contributed by atoms with Crippen molar-refractivity contribution in [3.05, 3.63) is 46.6 Å². The highest BCUT2D eigenvalue weighted by Crippen LogP contribution is 2.18. The summed E-state index contributed by atoms with van der Waals surface area (Å²) in [7, 11) is 0. The SMILES string of the molecule is CCCNCc1ccoc1COc1cncc(Br)c1. The van der Waals surface area contributed by atoms with Gasteiger partial charge in [-0.2, -0.15) is 0 Å². The van der Waals surface area contributed by atoms with E-state index in [1.807, 2.05) is 12.1 Å². The molecule has 2 heterocycles. The van der Waals surface area contributed by atoms with Crippen molar-refractivity contribution in [1.82, 2.24) is 10.3 Å². The molecular formula is C14H17BrN2O2. The molecule has 0 aromatic carbocycles. The molecule has 4 nitrogen and oxygen atoms in total. The maximum atomic E-state index is 5.66. The van der Waals surface area contributed by atoms with E-state index >= 15 is 0 Å². The third kappa shape index (κ3) is 4.36. The molecule has 2 aromatic rings. The summed E-state index contributed by atoms with van der Waals surface area (Å²) in [5.74, 6) is 1.57. The van der Waals surface area contributed by atoms with Gasteiger partial charge in [0.1, 0.15) is 18.1 Å². The molecule has 0 bridgehead atoms. The van der Waals surface area contributed by atoms with Crippen LogP contribution in [-0.4, -0.2) is 11.5 Å². The Bertz CT molecular complexity index is 514. The highest BCUT2D eigenvalue weighted by molar-refractivity contribution is 9.10. The van der Waals surface area contributed by atoms with Gasteiger partial charge in [-0.15, -0.1) is 0 Å². The molecule has 0 atom stereocenters. The van der Waals surface area contributed by atoms with Gasteiger partial charge < -0.3 is 14.5 Å². The molecule has 0 saturated carbocycles. The van der Waals surface area contributed by atoms with Gasteiger partial charge >= 0.3 is 0 Å². The summed E-state index contributed by atoms with van der Waals surface area (Å²) >= 11 is 3.36. The molecule has 1 N–H and O–H groups in total. The van der Waals surface area contributed by atoms with Crippen molar-refractivity contribution in [2.75, 3.05) is 6.54 Å². The fraction of sp³-hybridized carbons (Fsp3) is 0.357. The van der Waals surface area contributed by atoms with Crippen LogP contribution in [0.3, 0.4) is 0 Å². The molecule has 0 aliphatic carbocycles. The van der Waals surface area contributed by atoms with Crippen LogP contribution in [0.15, 0.2) is 39.7 Å². The second-order valence-corrected chi connectivity index (χ2v) is 5.09. The summed E-state index contributed by atoms with van der Waals surface area (Å²) in [6.45, 7) is 4.36. The van der Waals surface area contributed by atoms with Crippen LogP contribution in [0.2, 0.25) is 0 Å². The Morgan fingerprint density at radius 2 is 2.32 bits per heavy atom. The average molecular weight is 325 g/mol. The Morgan fingerprint density at radius 1 is 1.42 bits per heavy atom. The van der Waals surface area contributed by atoms with Crippen LogP contribution in [0, 0.1) is 0 Å². The number of nitrogens with zero attached hydrogens (tertiary/aromatic N) is 1. The summed E-state index contributed by atoms with van der Waals surface area (Å²) in [6, 6.07) is 3.85. The van der Waals surface area contributed by atoms with Gasteiger partial charge in [-0.3, -0.25) is 4.98 Å². The molecule has 102 valence electrons. The van der Waals surface area contributed by atoms with Crippen LogP contribution in [0.4, 0.5) is 0 Å². The third-order valence-electron chi connectivity index (χ3n) is 2.63. The number of furan rings is 1. The minimum absolute atomic E-state index is 0.411. The van der Waals surface area contributed by atoms with E-state index in [0.717, 1.165) is 41.1 Å². The lowest BCUT2D eigenvalue weighted by Crippen LogP contribution is -2.14. The first-order valence-corrected chi connectivity index (χ1v) is 7.08. The van der Waals surface area contributed by atoms with Gasteiger partial charge in [-0.1, -0.05) is 6.92 Å². The Balaban J connectivity index is 1.90. The zero-order valence-electron chi connectivity index (χ0n) is 10.9. The Hall–Kier alpha value is -1.33. The fourth-order valence-corrected chi connectivity index (χ4v) is 2.02. The second kappa shape index (κ2) is 7.31. The molecule has 0 aliphatic rings. The number of hydrogen-bond acceptors (Lipinski definition) is 4. The predicted molar refractivity (Wildman–Crippen MR) is 77.0 cm³/mol. The summed E-state index contributed by atoms with van der Waals surface area (Å²) in [5, 5.41) is 3.35. The fourth-order valence-electron chi connectivity index (χ4n) is 1.67. The molecule has 0 spiro atoms. The summed E-state index contributed by atoms with van der Waals surface area (Å²) in [4.78, 5) is 4.05. The van der Waals surface area contributed by atoms with Gasteiger partial charge in [0.15, 0.2) is 0 Å². The lowest BCUT2D eigenvalue weighted by molar-refractivity contribution is 0.267. The number of nitrogens with one attached hydrogen (secondary N) is 1. The van der Waals surface area contributed by atoms with E-state index in [0.29, 0.717) is 6.61 Å². The number of rotatable bonds is 7. The lowest BCUT2D eigenvalue weighted by Gasteiger charge is -2.07. The number of pyridine rings is 1. The smallest absolute Gasteiger partial charge is 0.146 e. The van der Waals surface area contributed by atoms with Crippen LogP contribution >= 0.6 is 15.9 Å². The molecule has 0 aliphatic heterocycles. The highest BCUT2D eigenvalue weighted by atomic mass is 79.9. The van der Waals surface area contributed by atoms with Crippen molar-refractivity contribution in [2.45, 2.75) is 26.5 Å². The molecule has 19 heavy (non-hydrogen) atoms. The van der Waals surface area contributed by atoms with E-state index < -0.39 is 0 Å². The second-order valence-electron chi connectivity index (χ2n) is 4.17. The van der Waals surface area contributed by atoms with E-state index in [1.54, 1.807) is 18.7 Å². The Labute approximate surface area is 121 Å². The standard InChI is InChI=1S/C14H17BrN2O2/c1-2-4-16-7-11-3-5-18-14(11)10-19-13-6-12(15)8-17-9-13/h3,5-6,8-9,16H,2,4,7,10H2,1H3. The number of ether oxygens (including phenoxy) is 1. The first-order chi connectivity index (χ1) is 9.29. The largest absolute Gasteiger partial charge is 0.484 e. The zero-order valence-corrected chi connectivity index (χ0v) is 12.4. The van der Waals surface area contributed by atoms with Crippen molar-refractivity contribution >= 4 is 15.9 Å². The predicted octanol–water partition coefficient (Wildman–Crippen LogP) is 3.52. The number of hydrogen-bond donors (Lipinski definition) is 1. The van der Waals surface area contributed by atoms with Crippen molar-refractivity contribution in [1.29, 1.82) is 0 Å². The first kappa shape index (κ1) is 14.1. The van der Waals surface area contributed by atoms with E-state index in [9.17, 15) is 0 Å². The third-order valence-corrected chi connectivity index (χ3v) is 3.06. The van der Waals surface area contributed by atoms with Crippen LogP contribution in [0.5, 0.6) is 5.75 Å². The normalized spacial score (nSPS) is 10.6. The molecule has 0 saturated heterocycles. The Morgan fingerprint density at radius 3 is 3.11 bits per heavy atom. The van der Waals surface area contributed by atoms with Gasteiger partial charge in [-0.25, -0.2) is 0 Å². The van der Waals surface area contributed by atoms with E-state index in [-0.39, 0.29) is 0 Å². The Kier molecular flexibility index (Phi) is 5.42. The molecule has 0 fully saturated rings. The average Bonchev–Trinajstić information content (AvgIpc) is 2.84. The molecular weight excluding hydrogens is 308 g/mol. The maximum absolute atomic E-state index is 5.66. The summed E-state index contributed by atoms with van der Waals surface area (Å²) in [6.07, 6.45) is 6.22. The topological polar surface area (TPSA) is 47.3 Å². The van der Waals surface area contributed by atoms with E-state index in [2.05, 4.69) is 33.2 Å². The van der Waals surface area contributed by atoms with Gasteiger partial charge in [0, 0.05) is 22.8 Å². The van der Waals surface area contributed by atoms with Crippen molar-refractivity contribution in [3.63, 3.8) is 0 Å². The van der Waals surface area contributed by atoms with Gasteiger partial charge in [0.05, 0.1) is 12.5 Å². The van der Waals surface area contributed by atoms with Crippen molar-refractivity contribution < 1.29 is 9.15 Å². The van der Waals surface area contributed by atoms with Gasteiger partial charge in [-0.05, 0) is 41.0 Å². The molecule has 2 rings (SSSR count). The minimum Gasteiger partial charge on any atom is -0.484 e. The molecule has 0 unspecified atom stereocenters. The van der Waals surface area contributed by atoms with Crippen molar-refractivity contribution in [2.24, 2.45) is 0 Å². The monoisotopic (exact) mass is 324 g/mol. The molecule has 0 radical (unpaired) electrons. The van der Waals surface area contributed by atoms with Crippen LogP contribution < -0.4 is 10.1 Å². The van der Waals surface area contributed by atoms with E-state index in [4.69, 9.17) is 9.15 Å². The van der Waals surface area contributed by atoms with Crippen LogP contribution in [0.25, 0.3) is 0 Å². The van der Waals surface area contributed by atoms with Gasteiger partial charge in [0.25, 0.3) is 0 Å². The van der Waals surface area contributed by atoms with Crippen LogP contribution in [0.1, 0.15) is 24.7 Å². The van der Waals surface area contributed by atoms with Crippen molar-refractivity contribution in [3.8, 4) is 5.75 Å². The van der Waals surface area contributed by atoms with Crippen LogP contribution in [-0.2, 0) is 13.2 Å². The lowest BCUT2D eigenvalue weighted by atomic mass is 10.2. The number of aromatic nitrogens is 1. The maximum Gasteiger partial charge on any atom is 0.146 e. The number of halogens is 1. The summed E-state index contributed by atoms with van der Waals surface area (Å²) < 4.78 is 12.0. The highest BCUT2D eigenvalue weighted by Gasteiger charge is 2.07. The van der Waals surface area contributed by atoms with Gasteiger partial charge in [0.2, 0.25) is 0 Å². The quantitative estimate of drug-likeness (QED) is 0.792. The van der Waals surface area contributed by atoms with E-state index in [1.165, 1.54) is 0 Å². The molecule has 5 heteroatoms. The summed E-state index contributed by atoms with van der Waals surface area (Å²) in [5.41, 5.74) is 1.14. The zero-order chi connectivity index (χ0) is 13.5.